The first-order valence-electron chi connectivity index (χ1n) is 7.85. The Kier molecular flexibility index (Phi) is 4.66. The lowest BCUT2D eigenvalue weighted by Crippen LogP contribution is -2.00. The summed E-state index contributed by atoms with van der Waals surface area (Å²) < 4.78 is 2.23. The molecule has 0 unspecified atom stereocenters. The fourth-order valence-electron chi connectivity index (χ4n) is 2.91. The lowest BCUT2D eigenvalue weighted by Gasteiger charge is -2.08. The van der Waals surface area contributed by atoms with Crippen molar-refractivity contribution < 1.29 is 0 Å². The number of fused-ring (bicyclic) bond motifs is 1. The minimum atomic E-state index is 0.652. The highest BCUT2D eigenvalue weighted by Crippen LogP contribution is 2.27. The number of halogens is 2. The molecule has 4 aromatic rings. The van der Waals surface area contributed by atoms with Gasteiger partial charge in [-0.15, -0.1) is 11.3 Å². The van der Waals surface area contributed by atoms with Crippen LogP contribution in [0.5, 0.6) is 0 Å². The summed E-state index contributed by atoms with van der Waals surface area (Å²) in [6.45, 7) is 1.43. The van der Waals surface area contributed by atoms with Crippen molar-refractivity contribution in [2.24, 2.45) is 0 Å². The van der Waals surface area contributed by atoms with Crippen LogP contribution < -0.4 is 5.32 Å². The summed E-state index contributed by atoms with van der Waals surface area (Å²) in [5.74, 6) is 0. The maximum Gasteiger partial charge on any atom is 0.182 e. The zero-order valence-electron chi connectivity index (χ0n) is 13.2. The third-order valence-electron chi connectivity index (χ3n) is 4.09. The highest BCUT2D eigenvalue weighted by Gasteiger charge is 2.10. The van der Waals surface area contributed by atoms with Crippen molar-refractivity contribution in [3.63, 3.8) is 0 Å². The van der Waals surface area contributed by atoms with Crippen LogP contribution in [0.15, 0.2) is 60.2 Å². The van der Waals surface area contributed by atoms with E-state index in [-0.39, 0.29) is 0 Å². The molecule has 0 aliphatic rings. The predicted molar refractivity (Wildman–Crippen MR) is 107 cm³/mol. The van der Waals surface area contributed by atoms with Crippen LogP contribution in [-0.2, 0) is 13.1 Å². The minimum Gasteiger partial charge on any atom is -0.357 e. The molecule has 0 saturated carbocycles. The lowest BCUT2D eigenvalue weighted by atomic mass is 10.2. The van der Waals surface area contributed by atoms with Crippen molar-refractivity contribution in [3.8, 4) is 0 Å². The normalized spacial score (nSPS) is 11.1. The third-order valence-corrected chi connectivity index (χ3v) is 5.41. The SMILES string of the molecule is Clc1ccc(Cn2cc(CNc3nccs3)c3ccccc32)c(Cl)c1. The molecule has 1 N–H and O–H groups in total. The van der Waals surface area contributed by atoms with Gasteiger partial charge in [-0.05, 0) is 29.3 Å². The molecule has 0 fully saturated rings. The second kappa shape index (κ2) is 7.08. The van der Waals surface area contributed by atoms with Gasteiger partial charge in [0.1, 0.15) is 0 Å². The predicted octanol–water partition coefficient (Wildman–Crippen LogP) is 6.07. The molecule has 4 rings (SSSR count). The first kappa shape index (κ1) is 16.5. The Labute approximate surface area is 159 Å². The van der Waals surface area contributed by atoms with E-state index in [0.29, 0.717) is 16.6 Å². The van der Waals surface area contributed by atoms with Gasteiger partial charge >= 0.3 is 0 Å². The summed E-state index contributed by atoms with van der Waals surface area (Å²) in [6, 6.07) is 14.0. The molecule has 126 valence electrons. The Morgan fingerprint density at radius 3 is 2.76 bits per heavy atom. The summed E-state index contributed by atoms with van der Waals surface area (Å²) in [5, 5.41) is 8.85. The van der Waals surface area contributed by atoms with E-state index in [4.69, 9.17) is 23.2 Å². The van der Waals surface area contributed by atoms with Gasteiger partial charge in [0.15, 0.2) is 5.13 Å². The highest BCUT2D eigenvalue weighted by atomic mass is 35.5. The molecular weight excluding hydrogens is 373 g/mol. The number of benzene rings is 2. The van der Waals surface area contributed by atoms with Crippen molar-refractivity contribution in [1.82, 2.24) is 9.55 Å². The minimum absolute atomic E-state index is 0.652. The Bertz CT molecular complexity index is 1010. The van der Waals surface area contributed by atoms with Gasteiger partial charge in [0.05, 0.1) is 0 Å². The van der Waals surface area contributed by atoms with E-state index in [9.17, 15) is 0 Å². The maximum absolute atomic E-state index is 6.35. The number of para-hydroxylation sites is 1. The Morgan fingerprint density at radius 1 is 1.08 bits per heavy atom. The molecule has 0 radical (unpaired) electrons. The smallest absolute Gasteiger partial charge is 0.182 e. The number of anilines is 1. The molecule has 2 aromatic carbocycles. The van der Waals surface area contributed by atoms with Gasteiger partial charge < -0.3 is 9.88 Å². The summed E-state index contributed by atoms with van der Waals surface area (Å²) in [6.07, 6.45) is 3.98. The Hall–Kier alpha value is -2.01. The number of thiazole rings is 1. The molecule has 2 heterocycles. The van der Waals surface area contributed by atoms with Crippen LogP contribution in [0.2, 0.25) is 10.0 Å². The topological polar surface area (TPSA) is 29.9 Å². The molecule has 0 spiro atoms. The Morgan fingerprint density at radius 2 is 1.96 bits per heavy atom. The van der Waals surface area contributed by atoms with Crippen molar-refractivity contribution in [2.75, 3.05) is 5.32 Å². The molecular formula is C19H15Cl2N3S. The Balaban J connectivity index is 1.66. The summed E-state index contributed by atoms with van der Waals surface area (Å²) in [4.78, 5) is 4.28. The molecule has 0 atom stereocenters. The zero-order chi connectivity index (χ0) is 17.2. The standard InChI is InChI=1S/C19H15Cl2N3S/c20-15-6-5-13(17(21)9-15)11-24-12-14(10-23-19-22-7-8-25-19)16-3-1-2-4-18(16)24/h1-9,12H,10-11H2,(H,22,23). The average Bonchev–Trinajstić information content (AvgIpc) is 3.24. The molecule has 2 aromatic heterocycles. The molecule has 0 aliphatic carbocycles. The van der Waals surface area contributed by atoms with Crippen molar-refractivity contribution in [2.45, 2.75) is 13.1 Å². The second-order valence-electron chi connectivity index (χ2n) is 5.73. The summed E-state index contributed by atoms with van der Waals surface area (Å²) >= 11 is 14.0. The second-order valence-corrected chi connectivity index (χ2v) is 7.46. The number of aromatic nitrogens is 2. The van der Waals surface area contributed by atoms with E-state index >= 15 is 0 Å². The molecule has 0 saturated heterocycles. The van der Waals surface area contributed by atoms with Crippen molar-refractivity contribution in [3.05, 3.63) is 81.4 Å². The van der Waals surface area contributed by atoms with Crippen LogP contribution in [0, 0.1) is 0 Å². The van der Waals surface area contributed by atoms with Gasteiger partial charge in [-0.3, -0.25) is 0 Å². The molecule has 0 aliphatic heterocycles. The molecule has 0 amide bonds. The van der Waals surface area contributed by atoms with Crippen LogP contribution in [0.3, 0.4) is 0 Å². The molecule has 25 heavy (non-hydrogen) atoms. The van der Waals surface area contributed by atoms with Crippen molar-refractivity contribution >= 4 is 50.6 Å². The van der Waals surface area contributed by atoms with Gasteiger partial charge in [-0.25, -0.2) is 4.98 Å². The van der Waals surface area contributed by atoms with Crippen LogP contribution in [0.25, 0.3) is 10.9 Å². The van der Waals surface area contributed by atoms with Crippen LogP contribution in [0.1, 0.15) is 11.1 Å². The monoisotopic (exact) mass is 387 g/mol. The highest BCUT2D eigenvalue weighted by molar-refractivity contribution is 7.13. The van der Waals surface area contributed by atoms with Crippen LogP contribution in [0.4, 0.5) is 5.13 Å². The lowest BCUT2D eigenvalue weighted by molar-refractivity contribution is 0.831. The maximum atomic E-state index is 6.35. The number of hydrogen-bond acceptors (Lipinski definition) is 3. The van der Waals surface area contributed by atoms with E-state index in [0.717, 1.165) is 17.2 Å². The quantitative estimate of drug-likeness (QED) is 0.450. The molecule has 3 nitrogen and oxygen atoms in total. The largest absolute Gasteiger partial charge is 0.357 e. The first-order valence-corrected chi connectivity index (χ1v) is 9.48. The number of nitrogens with one attached hydrogen (secondary N) is 1. The van der Waals surface area contributed by atoms with Gasteiger partial charge in [-0.1, -0.05) is 47.5 Å². The van der Waals surface area contributed by atoms with Gasteiger partial charge in [-0.2, -0.15) is 0 Å². The number of hydrogen-bond donors (Lipinski definition) is 1. The average molecular weight is 388 g/mol. The van der Waals surface area contributed by atoms with E-state index in [1.54, 1.807) is 23.6 Å². The van der Waals surface area contributed by atoms with Gasteiger partial charge in [0, 0.05) is 51.8 Å². The van der Waals surface area contributed by atoms with E-state index in [1.165, 1.54) is 16.5 Å². The third kappa shape index (κ3) is 3.52. The fourth-order valence-corrected chi connectivity index (χ4v) is 3.91. The van der Waals surface area contributed by atoms with Crippen molar-refractivity contribution in [1.29, 1.82) is 0 Å². The summed E-state index contributed by atoms with van der Waals surface area (Å²) in [5.41, 5.74) is 3.46. The number of rotatable bonds is 5. The van der Waals surface area contributed by atoms with Crippen LogP contribution >= 0.6 is 34.5 Å². The van der Waals surface area contributed by atoms with Gasteiger partial charge in [0.2, 0.25) is 0 Å². The van der Waals surface area contributed by atoms with Crippen LogP contribution in [-0.4, -0.2) is 9.55 Å². The van der Waals surface area contributed by atoms with Gasteiger partial charge in [0.25, 0.3) is 0 Å². The molecule has 6 heteroatoms. The zero-order valence-corrected chi connectivity index (χ0v) is 15.6. The van der Waals surface area contributed by atoms with E-state index in [2.05, 4.69) is 45.3 Å². The fraction of sp³-hybridized carbons (Fsp3) is 0.105. The molecule has 0 bridgehead atoms. The van der Waals surface area contributed by atoms with E-state index in [1.807, 2.05) is 17.5 Å². The number of nitrogens with zero attached hydrogens (tertiary/aromatic N) is 2. The first-order chi connectivity index (χ1) is 12.2. The van der Waals surface area contributed by atoms with E-state index < -0.39 is 0 Å². The summed E-state index contributed by atoms with van der Waals surface area (Å²) in [7, 11) is 0.